The first-order chi connectivity index (χ1) is 22.1. The lowest BCUT2D eigenvalue weighted by Crippen LogP contribution is -2.70. The van der Waals surface area contributed by atoms with Gasteiger partial charge in [-0.2, -0.15) is 0 Å². The molecule has 0 spiro atoms. The molecule has 1 heterocycles. The Balaban J connectivity index is 1.12. The number of hydrogen-bond acceptors (Lipinski definition) is 3. The number of aliphatic hydroxyl groups excluding tert-OH is 1. The average molecular weight is 643 g/mol. The first-order valence-electron chi connectivity index (χ1n) is 18.9. The molecule has 6 nitrogen and oxygen atoms in total. The van der Waals surface area contributed by atoms with E-state index in [1.54, 1.807) is 12.1 Å². The molecular weight excluding hydrogens is 584 g/mol. The Hall–Kier alpha value is -2.34. The van der Waals surface area contributed by atoms with E-state index in [4.69, 9.17) is 0 Å². The maximum Gasteiger partial charge on any atom is 0.335 e. The van der Waals surface area contributed by atoms with Crippen LogP contribution in [-0.2, 0) is 0 Å². The van der Waals surface area contributed by atoms with E-state index in [-0.39, 0.29) is 39.3 Å². The molecule has 8 rings (SSSR count). The molecule has 1 saturated heterocycles. The number of benzene rings is 1. The van der Waals surface area contributed by atoms with Crippen molar-refractivity contribution in [3.8, 4) is 0 Å². The summed E-state index contributed by atoms with van der Waals surface area (Å²) in [7, 11) is 0. The molecule has 9 atom stereocenters. The van der Waals surface area contributed by atoms with Crippen LogP contribution in [0.4, 0.5) is 4.79 Å². The number of carboxylic acid groups (broad SMARTS) is 1. The minimum Gasteiger partial charge on any atom is -0.478 e. The molecule has 6 heteroatoms. The van der Waals surface area contributed by atoms with E-state index in [1.807, 2.05) is 17.0 Å². The normalized spacial score (nSPS) is 44.5. The first-order valence-corrected chi connectivity index (χ1v) is 18.9. The number of urea groups is 1. The van der Waals surface area contributed by atoms with Gasteiger partial charge in [0, 0.05) is 5.54 Å². The molecule has 0 radical (unpaired) electrons. The van der Waals surface area contributed by atoms with Crippen LogP contribution in [0.2, 0.25) is 0 Å². The molecule has 256 valence electrons. The van der Waals surface area contributed by atoms with Crippen molar-refractivity contribution >= 4 is 17.6 Å². The number of nitrogens with one attached hydrogen (secondary N) is 1. The second-order valence-corrected chi connectivity index (χ2v) is 19.1. The number of hydrogen-bond donors (Lipinski definition) is 3. The van der Waals surface area contributed by atoms with Crippen molar-refractivity contribution in [1.82, 2.24) is 10.2 Å². The lowest BCUT2D eigenvalue weighted by molar-refractivity contribution is -0.221. The van der Waals surface area contributed by atoms with Crippen LogP contribution >= 0.6 is 0 Å². The number of rotatable bonds is 4. The summed E-state index contributed by atoms with van der Waals surface area (Å²) < 4.78 is 0. The third kappa shape index (κ3) is 4.31. The van der Waals surface area contributed by atoms with E-state index >= 15 is 0 Å². The van der Waals surface area contributed by atoms with Gasteiger partial charge in [0.05, 0.1) is 24.8 Å². The number of carboxylic acids is 1. The van der Waals surface area contributed by atoms with Gasteiger partial charge in [0.2, 0.25) is 0 Å². The van der Waals surface area contributed by atoms with E-state index in [1.165, 1.54) is 62.5 Å². The van der Waals surface area contributed by atoms with Crippen LogP contribution in [0.3, 0.4) is 0 Å². The molecule has 1 aliphatic heterocycles. The Labute approximate surface area is 282 Å². The zero-order chi connectivity index (χ0) is 33.4. The molecule has 47 heavy (non-hydrogen) atoms. The average Bonchev–Trinajstić information content (AvgIpc) is 3.63. The van der Waals surface area contributed by atoms with Crippen LogP contribution < -0.4 is 5.32 Å². The van der Waals surface area contributed by atoms with Gasteiger partial charge in [-0.3, -0.25) is 0 Å². The van der Waals surface area contributed by atoms with E-state index in [0.29, 0.717) is 53.7 Å². The standard InChI is InChI=1S/C41H58N2O4/c1-36(2)28(25-7-9-26(10-8-25)34(45)46)13-16-38(4)31(36)15-17-40(6)32(38)12-11-30-33-29(37(3)19-20-37)14-18-41(33,22-21-39(30,40)5)42-35(47)43-23-27(44)24-43/h7-10,13,27,29-33,44H,11-12,14-24H2,1-6H3,(H,42,47)(H,45,46)/t29-,30-,31+,32-,33-,38+,39-,40-,41+/m1/s1. The number of fused-ring (bicyclic) bond motifs is 7. The molecule has 1 aromatic rings. The number of allylic oxidation sites excluding steroid dienone is 2. The second-order valence-electron chi connectivity index (χ2n) is 19.1. The zero-order valence-corrected chi connectivity index (χ0v) is 29.7. The van der Waals surface area contributed by atoms with Gasteiger partial charge >= 0.3 is 12.0 Å². The highest BCUT2D eigenvalue weighted by Gasteiger charge is 2.72. The van der Waals surface area contributed by atoms with Crippen molar-refractivity contribution < 1.29 is 19.8 Å². The molecule has 5 saturated carbocycles. The lowest BCUT2D eigenvalue weighted by atomic mass is 9.32. The summed E-state index contributed by atoms with van der Waals surface area (Å²) in [6.45, 7) is 16.4. The van der Waals surface area contributed by atoms with Crippen molar-refractivity contribution in [2.24, 2.45) is 56.7 Å². The Bertz CT molecular complexity index is 1510. The number of aromatic carboxylic acids is 1. The van der Waals surface area contributed by atoms with E-state index in [0.717, 1.165) is 19.3 Å². The van der Waals surface area contributed by atoms with Gasteiger partial charge in [-0.25, -0.2) is 9.59 Å². The molecule has 6 fully saturated rings. The number of carbonyl (C=O) groups is 2. The van der Waals surface area contributed by atoms with Crippen LogP contribution in [0.25, 0.3) is 5.57 Å². The summed E-state index contributed by atoms with van der Waals surface area (Å²) in [5.74, 6) is 2.21. The van der Waals surface area contributed by atoms with Gasteiger partial charge in [0.1, 0.15) is 0 Å². The van der Waals surface area contributed by atoms with Crippen LogP contribution in [0.5, 0.6) is 0 Å². The quantitative estimate of drug-likeness (QED) is 0.308. The topological polar surface area (TPSA) is 89.9 Å². The van der Waals surface area contributed by atoms with Crippen molar-refractivity contribution in [2.75, 3.05) is 13.1 Å². The van der Waals surface area contributed by atoms with E-state index in [2.05, 4.69) is 52.9 Å². The number of aliphatic hydroxyl groups is 1. The SMILES string of the molecule is CC1([C@@H]2CC[C@]3(NC(=O)N4CC(O)C4)CC[C@]4(C)[C@H](CC[C@@H]5[C@@]6(C)CC=C(c7ccc(C(=O)O)cc7)C(C)(C)[C@@H]6CC[C@]54C)[C@@H]23)CC1. The van der Waals surface area contributed by atoms with Crippen LogP contribution in [0.1, 0.15) is 128 Å². The van der Waals surface area contributed by atoms with Gasteiger partial charge < -0.3 is 20.4 Å². The van der Waals surface area contributed by atoms with Crippen LogP contribution in [-0.4, -0.2) is 51.8 Å². The minimum atomic E-state index is -0.870. The molecular formula is C41H58N2O4. The molecule has 0 bridgehead atoms. The summed E-state index contributed by atoms with van der Waals surface area (Å²) in [4.78, 5) is 27.0. The summed E-state index contributed by atoms with van der Waals surface area (Å²) >= 11 is 0. The molecule has 0 aromatic heterocycles. The van der Waals surface area contributed by atoms with Crippen LogP contribution in [0.15, 0.2) is 30.3 Å². The minimum absolute atomic E-state index is 0.00434. The third-order valence-electron chi connectivity index (χ3n) is 16.9. The number of amides is 2. The van der Waals surface area contributed by atoms with Gasteiger partial charge in [0.15, 0.2) is 0 Å². The highest BCUT2D eigenvalue weighted by molar-refractivity contribution is 5.88. The van der Waals surface area contributed by atoms with Crippen molar-refractivity contribution in [3.05, 3.63) is 41.5 Å². The third-order valence-corrected chi connectivity index (χ3v) is 16.9. The molecule has 6 aliphatic carbocycles. The summed E-state index contributed by atoms with van der Waals surface area (Å²) in [6.07, 6.45) is 15.6. The predicted molar refractivity (Wildman–Crippen MR) is 185 cm³/mol. The fourth-order valence-corrected chi connectivity index (χ4v) is 14.0. The smallest absolute Gasteiger partial charge is 0.335 e. The van der Waals surface area contributed by atoms with Gasteiger partial charge in [-0.1, -0.05) is 59.8 Å². The predicted octanol–water partition coefficient (Wildman–Crippen LogP) is 8.40. The highest BCUT2D eigenvalue weighted by Crippen LogP contribution is 2.78. The van der Waals surface area contributed by atoms with Crippen molar-refractivity contribution in [2.45, 2.75) is 124 Å². The summed E-state index contributed by atoms with van der Waals surface area (Å²) in [6, 6.07) is 7.63. The molecule has 3 N–H and O–H groups in total. The van der Waals surface area contributed by atoms with Crippen LogP contribution in [0, 0.1) is 56.7 Å². The second kappa shape index (κ2) is 10.1. The number of β-amino-alcohol motifs (C(OH)–C–C–N with tert-alkyl or cyclic N) is 1. The van der Waals surface area contributed by atoms with Gasteiger partial charge in [0.25, 0.3) is 0 Å². The maximum atomic E-state index is 13.6. The number of nitrogens with zero attached hydrogens (tertiary/aromatic N) is 1. The van der Waals surface area contributed by atoms with Gasteiger partial charge in [-0.15, -0.1) is 0 Å². The molecule has 1 aromatic carbocycles. The summed E-state index contributed by atoms with van der Waals surface area (Å²) in [5.41, 5.74) is 3.94. The molecule has 7 aliphatic rings. The fraction of sp³-hybridized carbons (Fsp3) is 0.756. The summed E-state index contributed by atoms with van der Waals surface area (Å²) in [5, 5.41) is 23.1. The van der Waals surface area contributed by atoms with E-state index in [9.17, 15) is 19.8 Å². The Morgan fingerprint density at radius 1 is 0.787 bits per heavy atom. The highest BCUT2D eigenvalue weighted by atomic mass is 16.4. The Kier molecular flexibility index (Phi) is 6.86. The monoisotopic (exact) mass is 642 g/mol. The Morgan fingerprint density at radius 2 is 1.49 bits per heavy atom. The lowest BCUT2D eigenvalue weighted by Gasteiger charge is -2.72. The van der Waals surface area contributed by atoms with Crippen molar-refractivity contribution in [3.63, 3.8) is 0 Å². The zero-order valence-electron chi connectivity index (χ0n) is 29.7. The first kappa shape index (κ1) is 31.9. The Morgan fingerprint density at radius 3 is 2.13 bits per heavy atom. The van der Waals surface area contributed by atoms with Crippen molar-refractivity contribution in [1.29, 1.82) is 0 Å². The van der Waals surface area contributed by atoms with Gasteiger partial charge in [-0.05, 0) is 151 Å². The molecule has 2 amide bonds. The number of likely N-dealkylation sites (tertiary alicyclic amines) is 1. The molecule has 0 unspecified atom stereocenters. The fourth-order valence-electron chi connectivity index (χ4n) is 14.0. The van der Waals surface area contributed by atoms with E-state index < -0.39 is 5.97 Å². The largest absolute Gasteiger partial charge is 0.478 e. The maximum absolute atomic E-state index is 13.6. The number of carbonyl (C=O) groups excluding carboxylic acids is 1.